The van der Waals surface area contributed by atoms with E-state index in [1.165, 1.54) is 12.5 Å². The van der Waals surface area contributed by atoms with Gasteiger partial charge in [0.2, 0.25) is 5.91 Å². The largest absolute Gasteiger partial charge is 0.336 e. The maximum Gasteiger partial charge on any atom is 0.246 e. The van der Waals surface area contributed by atoms with Crippen LogP contribution in [0.15, 0.2) is 12.7 Å². The van der Waals surface area contributed by atoms with Gasteiger partial charge < -0.3 is 4.90 Å². The maximum absolute atomic E-state index is 11.6. The molecule has 1 saturated heterocycles. The van der Waals surface area contributed by atoms with Gasteiger partial charge in [0.15, 0.2) is 0 Å². The molecule has 0 saturated carbocycles. The van der Waals surface area contributed by atoms with Crippen LogP contribution in [0.3, 0.4) is 0 Å². The molecule has 0 radical (unpaired) electrons. The molecule has 1 fully saturated rings. The fourth-order valence-electron chi connectivity index (χ4n) is 2.21. The molecule has 0 spiro atoms. The summed E-state index contributed by atoms with van der Waals surface area (Å²) in [5.74, 6) is 0.717. The molecular weight excluding hydrogens is 174 g/mol. The predicted octanol–water partition coefficient (Wildman–Crippen LogP) is 2.60. The van der Waals surface area contributed by atoms with Gasteiger partial charge in [0, 0.05) is 12.6 Å². The van der Waals surface area contributed by atoms with Gasteiger partial charge in [0.05, 0.1) is 0 Å². The Morgan fingerprint density at radius 1 is 1.64 bits per heavy atom. The smallest absolute Gasteiger partial charge is 0.246 e. The minimum absolute atomic E-state index is 0.106. The van der Waals surface area contributed by atoms with E-state index in [2.05, 4.69) is 20.4 Å². The molecule has 1 aliphatic rings. The van der Waals surface area contributed by atoms with Gasteiger partial charge in [-0.1, -0.05) is 26.8 Å². The van der Waals surface area contributed by atoms with Crippen molar-refractivity contribution in [1.82, 2.24) is 4.90 Å². The van der Waals surface area contributed by atoms with Gasteiger partial charge in [0.1, 0.15) is 0 Å². The van der Waals surface area contributed by atoms with Crippen molar-refractivity contribution in [2.75, 3.05) is 6.54 Å². The van der Waals surface area contributed by atoms with E-state index in [-0.39, 0.29) is 5.91 Å². The van der Waals surface area contributed by atoms with E-state index in [4.69, 9.17) is 0 Å². The first-order valence-corrected chi connectivity index (χ1v) is 5.63. The quantitative estimate of drug-likeness (QED) is 0.634. The standard InChI is InChI=1S/C12H21NO/c1-4-10(3)11-8-6-7-9-13(11)12(14)5-2/h5,10-11H,2,4,6-9H2,1,3H3. The summed E-state index contributed by atoms with van der Waals surface area (Å²) < 4.78 is 0. The van der Waals surface area contributed by atoms with Crippen molar-refractivity contribution in [2.45, 2.75) is 45.6 Å². The Kier molecular flexibility index (Phi) is 4.18. The average molecular weight is 195 g/mol. The van der Waals surface area contributed by atoms with Crippen molar-refractivity contribution in [2.24, 2.45) is 5.92 Å². The van der Waals surface area contributed by atoms with E-state index in [1.807, 2.05) is 4.90 Å². The zero-order valence-corrected chi connectivity index (χ0v) is 9.33. The summed E-state index contributed by atoms with van der Waals surface area (Å²) in [5, 5.41) is 0. The molecule has 2 atom stereocenters. The second-order valence-corrected chi connectivity index (χ2v) is 4.18. The number of piperidine rings is 1. The van der Waals surface area contributed by atoms with E-state index in [1.54, 1.807) is 0 Å². The van der Waals surface area contributed by atoms with Crippen molar-refractivity contribution >= 4 is 5.91 Å². The van der Waals surface area contributed by atoms with E-state index in [0.29, 0.717) is 12.0 Å². The Hall–Kier alpha value is -0.790. The van der Waals surface area contributed by atoms with Gasteiger partial charge in [0.25, 0.3) is 0 Å². The van der Waals surface area contributed by atoms with Crippen LogP contribution < -0.4 is 0 Å². The molecule has 0 aromatic rings. The van der Waals surface area contributed by atoms with Gasteiger partial charge in [-0.25, -0.2) is 0 Å². The van der Waals surface area contributed by atoms with E-state index in [9.17, 15) is 4.79 Å². The molecule has 0 aliphatic carbocycles. The number of amides is 1. The van der Waals surface area contributed by atoms with E-state index >= 15 is 0 Å². The molecular formula is C12H21NO. The third-order valence-corrected chi connectivity index (χ3v) is 3.31. The Morgan fingerprint density at radius 2 is 2.36 bits per heavy atom. The lowest BCUT2D eigenvalue weighted by Gasteiger charge is -2.38. The average Bonchev–Trinajstić information content (AvgIpc) is 2.27. The predicted molar refractivity (Wildman–Crippen MR) is 59.0 cm³/mol. The highest BCUT2D eigenvalue weighted by Gasteiger charge is 2.28. The molecule has 2 unspecified atom stereocenters. The van der Waals surface area contributed by atoms with E-state index < -0.39 is 0 Å². The van der Waals surface area contributed by atoms with Crippen molar-refractivity contribution in [3.05, 3.63) is 12.7 Å². The molecule has 1 amide bonds. The summed E-state index contributed by atoms with van der Waals surface area (Å²) in [6.07, 6.45) is 6.16. The second kappa shape index (κ2) is 5.18. The molecule has 2 nitrogen and oxygen atoms in total. The van der Waals surface area contributed by atoms with Gasteiger partial charge in [-0.05, 0) is 31.3 Å². The van der Waals surface area contributed by atoms with Gasteiger partial charge in [-0.15, -0.1) is 0 Å². The molecule has 2 heteroatoms. The number of rotatable bonds is 3. The molecule has 0 N–H and O–H groups in total. The number of likely N-dealkylation sites (tertiary alicyclic amines) is 1. The van der Waals surface area contributed by atoms with Crippen LogP contribution in [0.2, 0.25) is 0 Å². The van der Waals surface area contributed by atoms with Crippen LogP contribution >= 0.6 is 0 Å². The minimum atomic E-state index is 0.106. The second-order valence-electron chi connectivity index (χ2n) is 4.18. The monoisotopic (exact) mass is 195 g/mol. The lowest BCUT2D eigenvalue weighted by molar-refractivity contribution is -0.130. The summed E-state index contributed by atoms with van der Waals surface area (Å²) >= 11 is 0. The zero-order chi connectivity index (χ0) is 10.6. The van der Waals surface area contributed by atoms with Crippen molar-refractivity contribution in [1.29, 1.82) is 0 Å². The summed E-state index contributed by atoms with van der Waals surface area (Å²) in [6, 6.07) is 0.444. The highest BCUT2D eigenvalue weighted by Crippen LogP contribution is 2.25. The minimum Gasteiger partial charge on any atom is -0.336 e. The number of hydrogen-bond donors (Lipinski definition) is 0. The number of hydrogen-bond acceptors (Lipinski definition) is 1. The summed E-state index contributed by atoms with van der Waals surface area (Å²) in [7, 11) is 0. The first kappa shape index (κ1) is 11.3. The lowest BCUT2D eigenvalue weighted by Crippen LogP contribution is -2.46. The van der Waals surface area contributed by atoms with Crippen LogP contribution in [0.5, 0.6) is 0 Å². The van der Waals surface area contributed by atoms with Crippen LogP contribution in [-0.4, -0.2) is 23.4 Å². The molecule has 1 heterocycles. The normalized spacial score (nSPS) is 24.4. The zero-order valence-electron chi connectivity index (χ0n) is 9.33. The first-order valence-electron chi connectivity index (χ1n) is 5.63. The highest BCUT2D eigenvalue weighted by atomic mass is 16.2. The highest BCUT2D eigenvalue weighted by molar-refractivity contribution is 5.87. The fraction of sp³-hybridized carbons (Fsp3) is 0.750. The summed E-state index contributed by atoms with van der Waals surface area (Å²) in [5.41, 5.74) is 0. The number of nitrogens with zero attached hydrogens (tertiary/aromatic N) is 1. The third-order valence-electron chi connectivity index (χ3n) is 3.31. The van der Waals surface area contributed by atoms with Crippen LogP contribution in [0.4, 0.5) is 0 Å². The van der Waals surface area contributed by atoms with Crippen LogP contribution in [0, 0.1) is 5.92 Å². The molecule has 14 heavy (non-hydrogen) atoms. The van der Waals surface area contributed by atoms with Gasteiger partial charge >= 0.3 is 0 Å². The van der Waals surface area contributed by atoms with Gasteiger partial charge in [-0.2, -0.15) is 0 Å². The topological polar surface area (TPSA) is 20.3 Å². The molecule has 0 bridgehead atoms. The fourth-order valence-corrected chi connectivity index (χ4v) is 2.21. The first-order chi connectivity index (χ1) is 6.70. The molecule has 0 aromatic carbocycles. The number of carbonyl (C=O) groups is 1. The maximum atomic E-state index is 11.6. The summed E-state index contributed by atoms with van der Waals surface area (Å²) in [6.45, 7) is 8.91. The Bertz CT molecular complexity index is 212. The SMILES string of the molecule is C=CC(=O)N1CCCCC1C(C)CC. The lowest BCUT2D eigenvalue weighted by atomic mass is 9.90. The summed E-state index contributed by atoms with van der Waals surface area (Å²) in [4.78, 5) is 13.6. The van der Waals surface area contributed by atoms with Crippen molar-refractivity contribution in [3.8, 4) is 0 Å². The third kappa shape index (κ3) is 2.37. The van der Waals surface area contributed by atoms with Crippen molar-refractivity contribution in [3.63, 3.8) is 0 Å². The van der Waals surface area contributed by atoms with Gasteiger partial charge in [-0.3, -0.25) is 4.79 Å². The van der Waals surface area contributed by atoms with Crippen LogP contribution in [0.1, 0.15) is 39.5 Å². The molecule has 1 aliphatic heterocycles. The van der Waals surface area contributed by atoms with E-state index in [0.717, 1.165) is 25.8 Å². The Labute approximate surface area is 87.0 Å². The van der Waals surface area contributed by atoms with Crippen LogP contribution in [-0.2, 0) is 4.79 Å². The number of carbonyl (C=O) groups excluding carboxylic acids is 1. The molecule has 1 rings (SSSR count). The Balaban J connectivity index is 2.67. The van der Waals surface area contributed by atoms with Crippen LogP contribution in [0.25, 0.3) is 0 Å². The molecule has 80 valence electrons. The molecule has 0 aromatic heterocycles. The van der Waals surface area contributed by atoms with Crippen molar-refractivity contribution < 1.29 is 4.79 Å². The Morgan fingerprint density at radius 3 is 2.93 bits per heavy atom.